The maximum absolute atomic E-state index is 12.8. The molecule has 0 spiro atoms. The summed E-state index contributed by atoms with van der Waals surface area (Å²) in [6.45, 7) is 3.45. The molecule has 0 radical (unpaired) electrons. The van der Waals surface area contributed by atoms with Gasteiger partial charge in [-0.3, -0.25) is 9.52 Å². The Kier molecular flexibility index (Phi) is 6.41. The molecule has 0 aromatic heterocycles. The Morgan fingerprint density at radius 2 is 1.58 bits per heavy atom. The third-order valence-corrected chi connectivity index (χ3v) is 6.17. The van der Waals surface area contributed by atoms with E-state index in [1.807, 2.05) is 0 Å². The van der Waals surface area contributed by atoms with E-state index in [0.29, 0.717) is 28.1 Å². The smallest absolute Gasteiger partial charge is 0.338 e. The molecular formula is C23H22N2O5S. The molecule has 0 unspecified atom stereocenters. The topological polar surface area (TPSA) is 102 Å². The molecule has 8 heteroatoms. The van der Waals surface area contributed by atoms with Crippen molar-refractivity contribution in [2.45, 2.75) is 18.7 Å². The largest absolute Gasteiger partial charge is 0.465 e. The Bertz CT molecular complexity index is 1240. The van der Waals surface area contributed by atoms with Gasteiger partial charge in [0.2, 0.25) is 0 Å². The number of nitrogens with one attached hydrogen (secondary N) is 2. The van der Waals surface area contributed by atoms with Gasteiger partial charge >= 0.3 is 5.97 Å². The van der Waals surface area contributed by atoms with Gasteiger partial charge in [-0.1, -0.05) is 30.3 Å². The van der Waals surface area contributed by atoms with Crippen LogP contribution >= 0.6 is 0 Å². The van der Waals surface area contributed by atoms with E-state index < -0.39 is 21.9 Å². The van der Waals surface area contributed by atoms with E-state index in [9.17, 15) is 18.0 Å². The predicted molar refractivity (Wildman–Crippen MR) is 119 cm³/mol. The van der Waals surface area contributed by atoms with Gasteiger partial charge in [0.1, 0.15) is 0 Å². The number of sulfonamides is 1. The first-order chi connectivity index (χ1) is 14.7. The van der Waals surface area contributed by atoms with E-state index in [-0.39, 0.29) is 10.5 Å². The van der Waals surface area contributed by atoms with E-state index in [2.05, 4.69) is 10.0 Å². The lowest BCUT2D eigenvalue weighted by Gasteiger charge is -2.14. The molecule has 0 saturated carbocycles. The van der Waals surface area contributed by atoms with E-state index in [1.54, 1.807) is 62.4 Å². The Morgan fingerprint density at radius 3 is 2.26 bits per heavy atom. The van der Waals surface area contributed by atoms with Crippen LogP contribution in [0, 0.1) is 13.8 Å². The molecular weight excluding hydrogens is 416 g/mol. The van der Waals surface area contributed by atoms with Gasteiger partial charge in [0.15, 0.2) is 0 Å². The minimum Gasteiger partial charge on any atom is -0.465 e. The Labute approximate surface area is 181 Å². The number of aryl methyl sites for hydroxylation is 1. The van der Waals surface area contributed by atoms with E-state index >= 15 is 0 Å². The summed E-state index contributed by atoms with van der Waals surface area (Å²) in [5.74, 6) is -0.938. The third kappa shape index (κ3) is 4.92. The zero-order valence-corrected chi connectivity index (χ0v) is 18.1. The van der Waals surface area contributed by atoms with Crippen LogP contribution in [-0.4, -0.2) is 27.4 Å². The van der Waals surface area contributed by atoms with Gasteiger partial charge in [-0.2, -0.15) is 0 Å². The van der Waals surface area contributed by atoms with Crippen molar-refractivity contribution in [3.8, 4) is 0 Å². The summed E-state index contributed by atoms with van der Waals surface area (Å²) in [5.41, 5.74) is 2.61. The highest BCUT2D eigenvalue weighted by Crippen LogP contribution is 2.24. The number of amides is 1. The normalized spacial score (nSPS) is 10.9. The number of ether oxygens (including phenoxy) is 1. The van der Waals surface area contributed by atoms with Gasteiger partial charge in [-0.25, -0.2) is 13.2 Å². The van der Waals surface area contributed by atoms with Crippen molar-refractivity contribution < 1.29 is 22.7 Å². The standard InChI is InChI=1S/C23H22N2O5S/c1-15-12-13-17(14-21(15)25-31(28,29)18-8-5-4-6-9-18)22(26)24-20-11-7-10-19(16(20)2)23(27)30-3/h4-14,25H,1-3H3,(H,24,26). The average molecular weight is 439 g/mol. The van der Waals surface area contributed by atoms with E-state index in [1.165, 1.54) is 25.3 Å². The summed E-state index contributed by atoms with van der Waals surface area (Å²) in [7, 11) is -2.51. The van der Waals surface area contributed by atoms with Crippen molar-refractivity contribution in [2.24, 2.45) is 0 Å². The highest BCUT2D eigenvalue weighted by molar-refractivity contribution is 7.92. The van der Waals surface area contributed by atoms with Crippen molar-refractivity contribution in [2.75, 3.05) is 17.1 Å². The van der Waals surface area contributed by atoms with Gasteiger partial charge in [0.05, 0.1) is 23.3 Å². The SMILES string of the molecule is COC(=O)c1cccc(NC(=O)c2ccc(C)c(NS(=O)(=O)c3ccccc3)c2)c1C. The molecule has 31 heavy (non-hydrogen) atoms. The summed E-state index contributed by atoms with van der Waals surface area (Å²) < 4.78 is 32.6. The molecule has 2 N–H and O–H groups in total. The molecule has 7 nitrogen and oxygen atoms in total. The summed E-state index contributed by atoms with van der Waals surface area (Å²) in [5, 5.41) is 2.76. The van der Waals surface area contributed by atoms with Crippen LogP contribution in [0.3, 0.4) is 0 Å². The molecule has 0 bridgehead atoms. The van der Waals surface area contributed by atoms with Crippen molar-refractivity contribution >= 4 is 33.3 Å². The lowest BCUT2D eigenvalue weighted by atomic mass is 10.1. The quantitative estimate of drug-likeness (QED) is 0.563. The summed E-state index contributed by atoms with van der Waals surface area (Å²) in [6, 6.07) is 17.6. The zero-order valence-electron chi connectivity index (χ0n) is 17.3. The number of esters is 1. The second kappa shape index (κ2) is 9.01. The van der Waals surface area contributed by atoms with Crippen LogP contribution in [0.15, 0.2) is 71.6 Å². The van der Waals surface area contributed by atoms with Crippen molar-refractivity contribution in [1.82, 2.24) is 0 Å². The molecule has 0 aliphatic rings. The lowest BCUT2D eigenvalue weighted by molar-refractivity contribution is 0.0599. The van der Waals surface area contributed by atoms with Gasteiger partial charge in [0.25, 0.3) is 15.9 Å². The molecule has 3 rings (SSSR count). The van der Waals surface area contributed by atoms with Crippen LogP contribution in [0.25, 0.3) is 0 Å². The first kappa shape index (κ1) is 22.0. The van der Waals surface area contributed by atoms with E-state index in [0.717, 1.165) is 0 Å². The number of anilines is 2. The molecule has 1 amide bonds. The first-order valence-electron chi connectivity index (χ1n) is 9.40. The van der Waals surface area contributed by atoms with Gasteiger partial charge in [0, 0.05) is 11.3 Å². The van der Waals surface area contributed by atoms with E-state index in [4.69, 9.17) is 4.74 Å². The fourth-order valence-corrected chi connectivity index (χ4v) is 4.12. The highest BCUT2D eigenvalue weighted by atomic mass is 32.2. The fraction of sp³-hybridized carbons (Fsp3) is 0.130. The summed E-state index contributed by atoms with van der Waals surface area (Å²) >= 11 is 0. The Morgan fingerprint density at radius 1 is 0.871 bits per heavy atom. The highest BCUT2D eigenvalue weighted by Gasteiger charge is 2.18. The maximum atomic E-state index is 12.8. The predicted octanol–water partition coefficient (Wildman–Crippen LogP) is 4.14. The second-order valence-corrected chi connectivity index (χ2v) is 8.55. The summed E-state index contributed by atoms with van der Waals surface area (Å²) in [6.07, 6.45) is 0. The summed E-state index contributed by atoms with van der Waals surface area (Å²) in [4.78, 5) is 24.8. The Hall–Kier alpha value is -3.65. The molecule has 160 valence electrons. The zero-order chi connectivity index (χ0) is 22.6. The van der Waals surface area contributed by atoms with Crippen LogP contribution in [0.2, 0.25) is 0 Å². The van der Waals surface area contributed by atoms with Crippen LogP contribution in [0.4, 0.5) is 11.4 Å². The number of benzene rings is 3. The second-order valence-electron chi connectivity index (χ2n) is 6.87. The molecule has 0 atom stereocenters. The number of hydrogen-bond acceptors (Lipinski definition) is 5. The number of carbonyl (C=O) groups excluding carboxylic acids is 2. The minimum atomic E-state index is -3.80. The molecule has 0 aliphatic heterocycles. The average Bonchev–Trinajstić information content (AvgIpc) is 2.76. The lowest BCUT2D eigenvalue weighted by Crippen LogP contribution is -2.17. The maximum Gasteiger partial charge on any atom is 0.338 e. The molecule has 3 aromatic rings. The van der Waals surface area contributed by atoms with Crippen LogP contribution < -0.4 is 10.0 Å². The fourth-order valence-electron chi connectivity index (χ4n) is 2.97. The number of hydrogen-bond donors (Lipinski definition) is 2. The van der Waals surface area contributed by atoms with Gasteiger partial charge < -0.3 is 10.1 Å². The van der Waals surface area contributed by atoms with Gasteiger partial charge in [-0.15, -0.1) is 0 Å². The van der Waals surface area contributed by atoms with Gasteiger partial charge in [-0.05, 0) is 61.4 Å². The molecule has 0 heterocycles. The molecule has 0 fully saturated rings. The Balaban J connectivity index is 1.87. The van der Waals surface area contributed by atoms with Crippen LogP contribution in [-0.2, 0) is 14.8 Å². The van der Waals surface area contributed by atoms with Crippen LogP contribution in [0.1, 0.15) is 31.8 Å². The van der Waals surface area contributed by atoms with Crippen molar-refractivity contribution in [3.05, 3.63) is 89.0 Å². The third-order valence-electron chi connectivity index (χ3n) is 4.78. The molecule has 0 aliphatic carbocycles. The number of methoxy groups -OCH3 is 1. The monoisotopic (exact) mass is 438 g/mol. The van der Waals surface area contributed by atoms with Crippen LogP contribution in [0.5, 0.6) is 0 Å². The van der Waals surface area contributed by atoms with Crippen molar-refractivity contribution in [3.63, 3.8) is 0 Å². The number of rotatable bonds is 6. The first-order valence-corrected chi connectivity index (χ1v) is 10.9. The minimum absolute atomic E-state index is 0.125. The number of carbonyl (C=O) groups is 2. The van der Waals surface area contributed by atoms with Crippen molar-refractivity contribution in [1.29, 1.82) is 0 Å². The molecule has 3 aromatic carbocycles. The molecule has 0 saturated heterocycles.